The van der Waals surface area contributed by atoms with Crippen molar-refractivity contribution < 1.29 is 18.0 Å². The summed E-state index contributed by atoms with van der Waals surface area (Å²) in [6.07, 6.45) is 0.214. The minimum absolute atomic E-state index is 0.0535. The predicted octanol–water partition coefficient (Wildman–Crippen LogP) is 4.13. The maximum atomic E-state index is 13.3. The van der Waals surface area contributed by atoms with Crippen molar-refractivity contribution >= 4 is 17.4 Å². The van der Waals surface area contributed by atoms with Crippen LogP contribution in [0, 0.1) is 0 Å². The molecule has 0 saturated carbocycles. The second-order valence-electron chi connectivity index (χ2n) is 6.36. The van der Waals surface area contributed by atoms with Gasteiger partial charge in [0.05, 0.1) is 17.4 Å². The molecule has 0 fully saturated rings. The third-order valence-electron chi connectivity index (χ3n) is 4.26. The fourth-order valence-corrected chi connectivity index (χ4v) is 2.85. The molecule has 4 aromatic rings. The first-order chi connectivity index (χ1) is 14.4. The molecule has 0 aliphatic rings. The second-order valence-corrected chi connectivity index (χ2v) is 6.36. The first-order valence-electron chi connectivity index (χ1n) is 8.87. The summed E-state index contributed by atoms with van der Waals surface area (Å²) in [5.41, 5.74) is 0.730. The van der Waals surface area contributed by atoms with E-state index in [0.717, 1.165) is 11.6 Å². The minimum atomic E-state index is -4.52. The Morgan fingerprint density at radius 3 is 2.57 bits per heavy atom. The third-order valence-corrected chi connectivity index (χ3v) is 4.26. The van der Waals surface area contributed by atoms with Crippen LogP contribution in [-0.4, -0.2) is 25.6 Å². The van der Waals surface area contributed by atoms with Crippen LogP contribution in [-0.2, 0) is 12.7 Å². The Morgan fingerprint density at radius 1 is 1.03 bits per heavy atom. The number of fused-ring (bicyclic) bond motifs is 1. The number of aromatic nitrogens is 4. The molecule has 3 aromatic heterocycles. The maximum absolute atomic E-state index is 13.3. The van der Waals surface area contributed by atoms with Crippen LogP contribution < -0.4 is 10.6 Å². The number of amides is 2. The zero-order valence-corrected chi connectivity index (χ0v) is 15.4. The molecule has 1 aromatic carbocycles. The van der Waals surface area contributed by atoms with E-state index in [-0.39, 0.29) is 11.4 Å². The lowest BCUT2D eigenvalue weighted by molar-refractivity contribution is -0.137. The highest BCUT2D eigenvalue weighted by Crippen LogP contribution is 2.35. The summed E-state index contributed by atoms with van der Waals surface area (Å²) >= 11 is 0. The molecule has 0 atom stereocenters. The van der Waals surface area contributed by atoms with Crippen LogP contribution in [0.1, 0.15) is 11.1 Å². The molecule has 2 N–H and O–H groups in total. The lowest BCUT2D eigenvalue weighted by Gasteiger charge is -2.09. The smallest absolute Gasteiger partial charge is 0.334 e. The normalized spacial score (nSPS) is 11.4. The van der Waals surface area contributed by atoms with Crippen molar-refractivity contribution in [3.63, 3.8) is 0 Å². The molecular formula is C20H15F3N6O. The van der Waals surface area contributed by atoms with Crippen LogP contribution in [0.3, 0.4) is 0 Å². The Bertz CT molecular complexity index is 1190. The van der Waals surface area contributed by atoms with Gasteiger partial charge in [-0.15, -0.1) is 5.10 Å². The Kier molecular flexibility index (Phi) is 5.05. The zero-order chi connectivity index (χ0) is 21.1. The molecule has 152 valence electrons. The number of carbonyl (C=O) groups is 1. The van der Waals surface area contributed by atoms with Gasteiger partial charge in [-0.25, -0.2) is 14.3 Å². The number of hydrogen-bond acceptors (Lipinski definition) is 4. The van der Waals surface area contributed by atoms with E-state index in [1.165, 1.54) is 28.9 Å². The molecule has 0 spiro atoms. The van der Waals surface area contributed by atoms with Crippen molar-refractivity contribution in [3.8, 4) is 11.4 Å². The fourth-order valence-electron chi connectivity index (χ4n) is 2.85. The molecule has 0 radical (unpaired) electrons. The van der Waals surface area contributed by atoms with E-state index in [0.29, 0.717) is 17.9 Å². The zero-order valence-electron chi connectivity index (χ0n) is 15.4. The standard InChI is InChI=1S/C20H15F3N6O/c21-20(22,23)16-4-2-1-3-15(16)18-27-17-6-5-14(12-29(17)28-18)26-19(30)25-11-13-7-9-24-10-8-13/h1-10,12H,11H2,(H2,25,26,30). The minimum Gasteiger partial charge on any atom is -0.334 e. The molecule has 0 saturated heterocycles. The van der Waals surface area contributed by atoms with Gasteiger partial charge in [0.1, 0.15) is 0 Å². The summed E-state index contributed by atoms with van der Waals surface area (Å²) in [7, 11) is 0. The van der Waals surface area contributed by atoms with E-state index in [1.807, 2.05) is 0 Å². The average Bonchev–Trinajstić information content (AvgIpc) is 3.16. The van der Waals surface area contributed by atoms with Gasteiger partial charge < -0.3 is 10.6 Å². The quantitative estimate of drug-likeness (QED) is 0.528. The van der Waals surface area contributed by atoms with E-state index in [4.69, 9.17) is 0 Å². The van der Waals surface area contributed by atoms with Crippen LogP contribution in [0.5, 0.6) is 0 Å². The van der Waals surface area contributed by atoms with Crippen molar-refractivity contribution in [2.75, 3.05) is 5.32 Å². The Hall–Kier alpha value is -3.95. The summed E-state index contributed by atoms with van der Waals surface area (Å²) in [5.74, 6) is -0.0535. The number of urea groups is 1. The molecule has 0 aliphatic carbocycles. The number of benzene rings is 1. The highest BCUT2D eigenvalue weighted by molar-refractivity contribution is 5.89. The highest BCUT2D eigenvalue weighted by Gasteiger charge is 2.34. The number of hydrogen-bond donors (Lipinski definition) is 2. The third kappa shape index (κ3) is 4.22. The number of anilines is 1. The first-order valence-corrected chi connectivity index (χ1v) is 8.87. The fraction of sp³-hybridized carbons (Fsp3) is 0.100. The number of rotatable bonds is 4. The average molecular weight is 412 g/mol. The van der Waals surface area contributed by atoms with Crippen molar-refractivity contribution in [1.82, 2.24) is 24.9 Å². The van der Waals surface area contributed by atoms with Crippen molar-refractivity contribution in [1.29, 1.82) is 0 Å². The van der Waals surface area contributed by atoms with Crippen molar-refractivity contribution in [2.45, 2.75) is 12.7 Å². The molecule has 10 heteroatoms. The van der Waals surface area contributed by atoms with Crippen LogP contribution in [0.15, 0.2) is 67.1 Å². The van der Waals surface area contributed by atoms with E-state index in [1.54, 1.807) is 36.7 Å². The Balaban J connectivity index is 1.53. The molecule has 3 heterocycles. The lowest BCUT2D eigenvalue weighted by atomic mass is 10.1. The first kappa shape index (κ1) is 19.4. The second kappa shape index (κ2) is 7.82. The van der Waals surface area contributed by atoms with Gasteiger partial charge in [0.15, 0.2) is 11.5 Å². The SMILES string of the molecule is O=C(NCc1ccncc1)Nc1ccc2nc(-c3ccccc3C(F)(F)F)nn2c1. The molecule has 2 amide bonds. The molecule has 0 bridgehead atoms. The number of alkyl halides is 3. The largest absolute Gasteiger partial charge is 0.417 e. The van der Waals surface area contributed by atoms with Gasteiger partial charge in [0, 0.05) is 24.5 Å². The summed E-state index contributed by atoms with van der Waals surface area (Å²) in [4.78, 5) is 20.2. The molecular weight excluding hydrogens is 397 g/mol. The van der Waals surface area contributed by atoms with E-state index in [2.05, 4.69) is 25.7 Å². The lowest BCUT2D eigenvalue weighted by Crippen LogP contribution is -2.28. The van der Waals surface area contributed by atoms with Crippen LogP contribution in [0.2, 0.25) is 0 Å². The van der Waals surface area contributed by atoms with Gasteiger partial charge in [0.2, 0.25) is 0 Å². The molecule has 7 nitrogen and oxygen atoms in total. The number of nitrogens with one attached hydrogen (secondary N) is 2. The van der Waals surface area contributed by atoms with Gasteiger partial charge in [-0.3, -0.25) is 4.98 Å². The van der Waals surface area contributed by atoms with Gasteiger partial charge >= 0.3 is 12.2 Å². The summed E-state index contributed by atoms with van der Waals surface area (Å²) < 4.78 is 41.1. The Labute approximate surface area is 168 Å². The number of nitrogens with zero attached hydrogens (tertiary/aromatic N) is 4. The molecule has 4 rings (SSSR count). The van der Waals surface area contributed by atoms with E-state index >= 15 is 0 Å². The maximum Gasteiger partial charge on any atom is 0.417 e. The summed E-state index contributed by atoms with van der Waals surface area (Å²) in [6.45, 7) is 0.318. The monoisotopic (exact) mass is 412 g/mol. The van der Waals surface area contributed by atoms with Gasteiger partial charge in [0.25, 0.3) is 0 Å². The number of carbonyl (C=O) groups excluding carboxylic acids is 1. The van der Waals surface area contributed by atoms with Crippen LogP contribution in [0.4, 0.5) is 23.7 Å². The summed E-state index contributed by atoms with van der Waals surface area (Å²) in [5, 5.41) is 9.50. The number of pyridine rings is 2. The number of halogens is 3. The molecule has 30 heavy (non-hydrogen) atoms. The van der Waals surface area contributed by atoms with Crippen LogP contribution in [0.25, 0.3) is 17.0 Å². The summed E-state index contributed by atoms with van der Waals surface area (Å²) in [6, 6.07) is 11.4. The van der Waals surface area contributed by atoms with Gasteiger partial charge in [-0.2, -0.15) is 13.2 Å². The molecule has 0 aliphatic heterocycles. The molecule has 0 unspecified atom stereocenters. The Morgan fingerprint density at radius 2 is 1.80 bits per heavy atom. The van der Waals surface area contributed by atoms with E-state index < -0.39 is 17.8 Å². The predicted molar refractivity (Wildman–Crippen MR) is 104 cm³/mol. The highest BCUT2D eigenvalue weighted by atomic mass is 19.4. The van der Waals surface area contributed by atoms with Gasteiger partial charge in [-0.05, 0) is 35.9 Å². The van der Waals surface area contributed by atoms with Crippen molar-refractivity contribution in [2.24, 2.45) is 0 Å². The topological polar surface area (TPSA) is 84.2 Å². The van der Waals surface area contributed by atoms with E-state index in [9.17, 15) is 18.0 Å². The van der Waals surface area contributed by atoms with Crippen molar-refractivity contribution in [3.05, 3.63) is 78.2 Å². The van der Waals surface area contributed by atoms with Crippen LogP contribution >= 0.6 is 0 Å². The van der Waals surface area contributed by atoms with Gasteiger partial charge in [-0.1, -0.05) is 18.2 Å².